The van der Waals surface area contributed by atoms with Gasteiger partial charge >= 0.3 is 0 Å². The molecule has 0 unspecified atom stereocenters. The van der Waals surface area contributed by atoms with E-state index >= 15 is 0 Å². The number of aromatic nitrogens is 2. The van der Waals surface area contributed by atoms with Crippen LogP contribution in [0.5, 0.6) is 0 Å². The normalized spacial score (nSPS) is 17.0. The second kappa shape index (κ2) is 6.27. The van der Waals surface area contributed by atoms with Gasteiger partial charge in [-0.1, -0.05) is 38.3 Å². The molecule has 4 heteroatoms. The van der Waals surface area contributed by atoms with Crippen LogP contribution in [0.15, 0.2) is 0 Å². The van der Waals surface area contributed by atoms with Crippen LogP contribution in [0.2, 0.25) is 5.15 Å². The Kier molecular flexibility index (Phi) is 4.91. The number of rotatable bonds is 5. The summed E-state index contributed by atoms with van der Waals surface area (Å²) in [6.45, 7) is 8.74. The molecule has 0 amide bonds. The lowest BCUT2D eigenvalue weighted by Gasteiger charge is -2.30. The Bertz CT molecular complexity index is 419. The summed E-state index contributed by atoms with van der Waals surface area (Å²) in [6.07, 6.45) is 5.42. The van der Waals surface area contributed by atoms with E-state index in [2.05, 4.69) is 30.8 Å². The van der Waals surface area contributed by atoms with Crippen molar-refractivity contribution in [3.05, 3.63) is 16.4 Å². The summed E-state index contributed by atoms with van der Waals surface area (Å²) in [7, 11) is 1.92. The first-order chi connectivity index (χ1) is 8.99. The fourth-order valence-electron chi connectivity index (χ4n) is 3.14. The van der Waals surface area contributed by atoms with Crippen molar-refractivity contribution < 1.29 is 0 Å². The molecule has 1 aromatic rings. The number of nitrogens with zero attached hydrogens (tertiary/aromatic N) is 3. The van der Waals surface area contributed by atoms with Crippen LogP contribution >= 0.6 is 11.6 Å². The van der Waals surface area contributed by atoms with E-state index in [1.54, 1.807) is 4.68 Å². The van der Waals surface area contributed by atoms with Crippen molar-refractivity contribution in [3.8, 4) is 0 Å². The third-order valence-electron chi connectivity index (χ3n) is 4.07. The molecule has 19 heavy (non-hydrogen) atoms. The Balaban J connectivity index is 2.14. The summed E-state index contributed by atoms with van der Waals surface area (Å²) in [5.74, 6) is 0.691. The highest BCUT2D eigenvalue weighted by Gasteiger charge is 2.25. The van der Waals surface area contributed by atoms with E-state index in [-0.39, 0.29) is 0 Å². The molecule has 1 aliphatic rings. The molecule has 0 atom stereocenters. The molecule has 0 radical (unpaired) electrons. The zero-order valence-corrected chi connectivity index (χ0v) is 13.4. The molecular formula is C15H26ClN3. The highest BCUT2D eigenvalue weighted by atomic mass is 35.5. The Morgan fingerprint density at radius 1 is 1.37 bits per heavy atom. The number of aryl methyl sites for hydroxylation is 2. The lowest BCUT2D eigenvalue weighted by atomic mass is 10.1. The van der Waals surface area contributed by atoms with E-state index in [9.17, 15) is 0 Å². The molecule has 108 valence electrons. The predicted octanol–water partition coefficient (Wildman–Crippen LogP) is 3.78. The van der Waals surface area contributed by atoms with Crippen LogP contribution in [-0.2, 0) is 13.6 Å². The second-order valence-corrected chi connectivity index (χ2v) is 6.60. The van der Waals surface area contributed by atoms with Crippen LogP contribution < -0.4 is 0 Å². The fourth-order valence-corrected chi connectivity index (χ4v) is 3.37. The molecule has 3 nitrogen and oxygen atoms in total. The Labute approximate surface area is 121 Å². The van der Waals surface area contributed by atoms with E-state index < -0.39 is 0 Å². The molecule has 2 rings (SSSR count). The van der Waals surface area contributed by atoms with Gasteiger partial charge in [0.25, 0.3) is 0 Å². The summed E-state index contributed by atoms with van der Waals surface area (Å²) in [5, 5.41) is 5.22. The maximum Gasteiger partial charge on any atom is 0.131 e. The van der Waals surface area contributed by atoms with Crippen molar-refractivity contribution in [1.29, 1.82) is 0 Å². The van der Waals surface area contributed by atoms with Crippen LogP contribution in [0, 0.1) is 12.8 Å². The van der Waals surface area contributed by atoms with Crippen LogP contribution in [0.4, 0.5) is 0 Å². The van der Waals surface area contributed by atoms with Crippen molar-refractivity contribution in [2.75, 3.05) is 6.54 Å². The molecule has 0 aromatic carbocycles. The highest BCUT2D eigenvalue weighted by molar-refractivity contribution is 6.30. The minimum absolute atomic E-state index is 0.691. The first kappa shape index (κ1) is 14.9. The summed E-state index contributed by atoms with van der Waals surface area (Å²) in [4.78, 5) is 2.62. The molecule has 0 bridgehead atoms. The van der Waals surface area contributed by atoms with E-state index in [4.69, 9.17) is 11.6 Å². The Morgan fingerprint density at radius 2 is 2.00 bits per heavy atom. The van der Waals surface area contributed by atoms with Gasteiger partial charge in [0.2, 0.25) is 0 Å². The third-order valence-corrected chi connectivity index (χ3v) is 4.54. The van der Waals surface area contributed by atoms with Gasteiger partial charge in [-0.3, -0.25) is 9.58 Å². The van der Waals surface area contributed by atoms with Gasteiger partial charge in [0, 0.05) is 31.7 Å². The van der Waals surface area contributed by atoms with Crippen molar-refractivity contribution in [3.63, 3.8) is 0 Å². The van der Waals surface area contributed by atoms with Crippen molar-refractivity contribution in [2.45, 2.75) is 59.0 Å². The summed E-state index contributed by atoms with van der Waals surface area (Å²) in [6, 6.07) is 0.734. The molecule has 1 saturated carbocycles. The summed E-state index contributed by atoms with van der Waals surface area (Å²) in [5.41, 5.74) is 2.27. The smallest absolute Gasteiger partial charge is 0.131 e. The summed E-state index contributed by atoms with van der Waals surface area (Å²) >= 11 is 6.38. The summed E-state index contributed by atoms with van der Waals surface area (Å²) < 4.78 is 1.79. The lowest BCUT2D eigenvalue weighted by Crippen LogP contribution is -2.35. The molecule has 0 aliphatic heterocycles. The molecule has 0 N–H and O–H groups in total. The molecule has 0 spiro atoms. The average molecular weight is 284 g/mol. The Hall–Kier alpha value is -0.540. The zero-order valence-electron chi connectivity index (χ0n) is 12.6. The number of hydrogen-bond donors (Lipinski definition) is 0. The molecular weight excluding hydrogens is 258 g/mol. The minimum Gasteiger partial charge on any atom is -0.296 e. The standard InChI is InChI=1S/C15H26ClN3/c1-11(2)9-19(13-7-5-6-8-13)10-14-12(3)17-18(4)15(14)16/h11,13H,5-10H2,1-4H3. The van der Waals surface area contributed by atoms with Gasteiger partial charge in [0.05, 0.1) is 5.69 Å². The number of hydrogen-bond acceptors (Lipinski definition) is 2. The average Bonchev–Trinajstić information content (AvgIpc) is 2.92. The second-order valence-electron chi connectivity index (χ2n) is 6.24. The van der Waals surface area contributed by atoms with Gasteiger partial charge in [-0.25, -0.2) is 0 Å². The van der Waals surface area contributed by atoms with Gasteiger partial charge in [0.15, 0.2) is 0 Å². The van der Waals surface area contributed by atoms with Crippen molar-refractivity contribution in [1.82, 2.24) is 14.7 Å². The maximum absolute atomic E-state index is 6.38. The van der Waals surface area contributed by atoms with Crippen molar-refractivity contribution >= 4 is 11.6 Å². The quantitative estimate of drug-likeness (QED) is 0.820. The van der Waals surface area contributed by atoms with E-state index in [0.29, 0.717) is 5.92 Å². The molecule has 1 aliphatic carbocycles. The number of halogens is 1. The molecule has 1 fully saturated rings. The molecule has 0 saturated heterocycles. The SMILES string of the molecule is Cc1nn(C)c(Cl)c1CN(CC(C)C)C1CCCC1. The first-order valence-electron chi connectivity index (χ1n) is 7.41. The van der Waals surface area contributed by atoms with Crippen LogP contribution in [0.1, 0.15) is 50.8 Å². The topological polar surface area (TPSA) is 21.1 Å². The highest BCUT2D eigenvalue weighted by Crippen LogP contribution is 2.28. The zero-order chi connectivity index (χ0) is 14.0. The monoisotopic (exact) mass is 283 g/mol. The van der Waals surface area contributed by atoms with Crippen molar-refractivity contribution in [2.24, 2.45) is 13.0 Å². The van der Waals surface area contributed by atoms with Gasteiger partial charge in [-0.15, -0.1) is 0 Å². The fraction of sp³-hybridized carbons (Fsp3) is 0.800. The predicted molar refractivity (Wildman–Crippen MR) is 80.5 cm³/mol. The van der Waals surface area contributed by atoms with Crippen LogP contribution in [-0.4, -0.2) is 27.3 Å². The Morgan fingerprint density at radius 3 is 2.47 bits per heavy atom. The first-order valence-corrected chi connectivity index (χ1v) is 7.79. The van der Waals surface area contributed by atoms with Gasteiger partial charge in [-0.05, 0) is 25.7 Å². The van der Waals surface area contributed by atoms with Gasteiger partial charge < -0.3 is 0 Å². The minimum atomic E-state index is 0.691. The van der Waals surface area contributed by atoms with Gasteiger partial charge in [0.1, 0.15) is 5.15 Å². The van der Waals surface area contributed by atoms with Crippen LogP contribution in [0.25, 0.3) is 0 Å². The van der Waals surface area contributed by atoms with Gasteiger partial charge in [-0.2, -0.15) is 5.10 Å². The molecule has 1 aromatic heterocycles. The van der Waals surface area contributed by atoms with E-state index in [0.717, 1.165) is 30.0 Å². The third kappa shape index (κ3) is 3.51. The molecule has 1 heterocycles. The lowest BCUT2D eigenvalue weighted by molar-refractivity contribution is 0.168. The largest absolute Gasteiger partial charge is 0.296 e. The maximum atomic E-state index is 6.38. The van der Waals surface area contributed by atoms with E-state index in [1.165, 1.54) is 31.2 Å². The van der Waals surface area contributed by atoms with Crippen LogP contribution in [0.3, 0.4) is 0 Å². The van der Waals surface area contributed by atoms with E-state index in [1.807, 2.05) is 7.05 Å².